The lowest BCUT2D eigenvalue weighted by Crippen LogP contribution is -2.50. The van der Waals surface area contributed by atoms with Gasteiger partial charge in [0, 0.05) is 11.4 Å². The lowest BCUT2D eigenvalue weighted by molar-refractivity contribution is -0.124. The van der Waals surface area contributed by atoms with Gasteiger partial charge in [0.15, 0.2) is 0 Å². The zero-order valence-electron chi connectivity index (χ0n) is 12.5. The normalized spacial score (nSPS) is 15.9. The Morgan fingerprint density at radius 2 is 1.73 bits per heavy atom. The highest BCUT2D eigenvalue weighted by Crippen LogP contribution is 2.41. The van der Waals surface area contributed by atoms with Crippen molar-refractivity contribution in [2.24, 2.45) is 0 Å². The Hall–Kier alpha value is -1.80. The molecule has 1 N–H and O–H groups in total. The van der Waals surface area contributed by atoms with E-state index in [1.54, 1.807) is 0 Å². The highest BCUT2D eigenvalue weighted by molar-refractivity contribution is 6.31. The molecular weight excluding hydrogens is 294 g/mol. The first-order valence-electron chi connectivity index (χ1n) is 7.80. The van der Waals surface area contributed by atoms with Crippen LogP contribution in [0.1, 0.15) is 36.8 Å². The van der Waals surface area contributed by atoms with Crippen molar-refractivity contribution in [3.8, 4) is 0 Å². The summed E-state index contributed by atoms with van der Waals surface area (Å²) in [6.07, 6.45) is 4.36. The molecule has 0 atom stereocenters. The van der Waals surface area contributed by atoms with Crippen molar-refractivity contribution in [1.29, 1.82) is 0 Å². The van der Waals surface area contributed by atoms with Crippen LogP contribution in [0, 0.1) is 0 Å². The molecule has 0 heterocycles. The number of carbonyl (C=O) groups excluding carboxylic acids is 1. The van der Waals surface area contributed by atoms with Crippen LogP contribution in [-0.4, -0.2) is 5.91 Å². The predicted molar refractivity (Wildman–Crippen MR) is 89.9 cm³/mol. The minimum Gasteiger partial charge on any atom is -0.347 e. The fraction of sp³-hybridized carbons (Fsp3) is 0.316. The molecule has 3 rings (SSSR count). The quantitative estimate of drug-likeness (QED) is 0.867. The van der Waals surface area contributed by atoms with Gasteiger partial charge in [0.2, 0.25) is 5.91 Å². The maximum absolute atomic E-state index is 12.4. The third kappa shape index (κ3) is 3.17. The van der Waals surface area contributed by atoms with Gasteiger partial charge in [-0.1, -0.05) is 60.1 Å². The summed E-state index contributed by atoms with van der Waals surface area (Å²) >= 11 is 6.14. The molecule has 3 heteroatoms. The van der Waals surface area contributed by atoms with E-state index in [0.717, 1.165) is 23.4 Å². The van der Waals surface area contributed by atoms with Gasteiger partial charge < -0.3 is 5.32 Å². The number of amides is 1. The predicted octanol–water partition coefficient (Wildman–Crippen LogP) is 4.47. The molecule has 1 fully saturated rings. The van der Waals surface area contributed by atoms with Crippen LogP contribution in [0.25, 0.3) is 0 Å². The van der Waals surface area contributed by atoms with Crippen molar-refractivity contribution in [3.63, 3.8) is 0 Å². The van der Waals surface area contributed by atoms with Crippen LogP contribution in [0.3, 0.4) is 0 Å². The molecule has 22 heavy (non-hydrogen) atoms. The molecule has 0 radical (unpaired) electrons. The fourth-order valence-corrected chi connectivity index (χ4v) is 3.28. The minimum absolute atomic E-state index is 0.100. The van der Waals surface area contributed by atoms with E-state index in [4.69, 9.17) is 11.6 Å². The second-order valence-corrected chi connectivity index (χ2v) is 6.35. The van der Waals surface area contributed by atoms with Crippen molar-refractivity contribution in [2.45, 2.75) is 37.6 Å². The molecule has 2 aromatic rings. The summed E-state index contributed by atoms with van der Waals surface area (Å²) < 4.78 is 0. The smallest absolute Gasteiger partial charge is 0.221 e. The van der Waals surface area contributed by atoms with Gasteiger partial charge in [-0.25, -0.2) is 0 Å². The molecular formula is C19H20ClNO. The van der Waals surface area contributed by atoms with E-state index >= 15 is 0 Å². The van der Waals surface area contributed by atoms with Gasteiger partial charge in [0.05, 0.1) is 5.54 Å². The topological polar surface area (TPSA) is 29.1 Å². The van der Waals surface area contributed by atoms with Crippen LogP contribution >= 0.6 is 11.6 Å². The second kappa shape index (κ2) is 6.53. The lowest BCUT2D eigenvalue weighted by Gasteiger charge is -2.43. The Morgan fingerprint density at radius 1 is 1.05 bits per heavy atom. The number of hydrogen-bond donors (Lipinski definition) is 1. The first-order valence-corrected chi connectivity index (χ1v) is 8.17. The van der Waals surface area contributed by atoms with E-state index in [1.165, 1.54) is 12.0 Å². The molecule has 0 spiro atoms. The van der Waals surface area contributed by atoms with E-state index in [0.29, 0.717) is 12.8 Å². The van der Waals surface area contributed by atoms with E-state index in [-0.39, 0.29) is 11.4 Å². The van der Waals surface area contributed by atoms with Crippen molar-refractivity contribution in [3.05, 3.63) is 70.7 Å². The van der Waals surface area contributed by atoms with Crippen molar-refractivity contribution >= 4 is 17.5 Å². The molecule has 2 aromatic carbocycles. The maximum Gasteiger partial charge on any atom is 0.221 e. The van der Waals surface area contributed by atoms with Crippen LogP contribution in [0.15, 0.2) is 54.6 Å². The average Bonchev–Trinajstić information content (AvgIpc) is 2.51. The monoisotopic (exact) mass is 313 g/mol. The molecule has 2 nitrogen and oxygen atoms in total. The van der Waals surface area contributed by atoms with E-state index in [9.17, 15) is 4.79 Å². The molecule has 1 aliphatic carbocycles. The zero-order valence-corrected chi connectivity index (χ0v) is 13.3. The molecule has 114 valence electrons. The van der Waals surface area contributed by atoms with Crippen molar-refractivity contribution < 1.29 is 4.79 Å². The summed E-state index contributed by atoms with van der Waals surface area (Å²) in [6, 6.07) is 18.0. The SMILES string of the molecule is O=C(CCc1ccccc1Cl)NC1(c2ccccc2)CCC1. The lowest BCUT2D eigenvalue weighted by atomic mass is 9.71. The molecule has 0 saturated heterocycles. The number of carbonyl (C=O) groups is 1. The highest BCUT2D eigenvalue weighted by Gasteiger charge is 2.39. The van der Waals surface area contributed by atoms with Gasteiger partial charge in [0.25, 0.3) is 0 Å². The first-order chi connectivity index (χ1) is 10.7. The van der Waals surface area contributed by atoms with Crippen LogP contribution in [0.2, 0.25) is 5.02 Å². The fourth-order valence-electron chi connectivity index (χ4n) is 3.05. The van der Waals surface area contributed by atoms with Gasteiger partial charge in [-0.2, -0.15) is 0 Å². The number of rotatable bonds is 5. The highest BCUT2D eigenvalue weighted by atomic mass is 35.5. The Kier molecular flexibility index (Phi) is 4.49. The van der Waals surface area contributed by atoms with E-state index in [2.05, 4.69) is 17.4 Å². The van der Waals surface area contributed by atoms with Gasteiger partial charge >= 0.3 is 0 Å². The Morgan fingerprint density at radius 3 is 2.36 bits per heavy atom. The largest absolute Gasteiger partial charge is 0.347 e. The van der Waals surface area contributed by atoms with Crippen molar-refractivity contribution in [2.75, 3.05) is 0 Å². The molecule has 0 bridgehead atoms. The van der Waals surface area contributed by atoms with E-state index < -0.39 is 0 Å². The Labute approximate surface area is 136 Å². The number of nitrogens with one attached hydrogen (secondary N) is 1. The average molecular weight is 314 g/mol. The number of halogens is 1. The van der Waals surface area contributed by atoms with Gasteiger partial charge in [0.1, 0.15) is 0 Å². The first kappa shape index (κ1) is 15.1. The van der Waals surface area contributed by atoms with Crippen LogP contribution in [0.4, 0.5) is 0 Å². The standard InChI is InChI=1S/C19H20ClNO/c20-17-10-5-4-7-15(17)11-12-18(22)21-19(13-6-14-19)16-8-2-1-3-9-16/h1-5,7-10H,6,11-14H2,(H,21,22). The molecule has 0 unspecified atom stereocenters. The summed E-state index contributed by atoms with van der Waals surface area (Å²) in [4.78, 5) is 12.4. The minimum atomic E-state index is -0.154. The third-order valence-electron chi connectivity index (χ3n) is 4.49. The molecule has 0 aliphatic heterocycles. The van der Waals surface area contributed by atoms with Gasteiger partial charge in [-0.05, 0) is 42.9 Å². The Bertz CT molecular complexity index is 649. The molecule has 0 aromatic heterocycles. The molecule has 1 saturated carbocycles. The Balaban J connectivity index is 1.63. The summed E-state index contributed by atoms with van der Waals surface area (Å²) in [5.41, 5.74) is 2.09. The van der Waals surface area contributed by atoms with Crippen LogP contribution < -0.4 is 5.32 Å². The summed E-state index contributed by atoms with van der Waals surface area (Å²) in [5.74, 6) is 0.100. The summed E-state index contributed by atoms with van der Waals surface area (Å²) in [5, 5.41) is 3.99. The van der Waals surface area contributed by atoms with Gasteiger partial charge in [-0.3, -0.25) is 4.79 Å². The zero-order chi connectivity index (χ0) is 15.4. The number of benzene rings is 2. The van der Waals surface area contributed by atoms with Crippen LogP contribution in [-0.2, 0) is 16.8 Å². The van der Waals surface area contributed by atoms with E-state index in [1.807, 2.05) is 42.5 Å². The number of aryl methyl sites for hydroxylation is 1. The summed E-state index contributed by atoms with van der Waals surface area (Å²) in [7, 11) is 0. The van der Waals surface area contributed by atoms with Gasteiger partial charge in [-0.15, -0.1) is 0 Å². The molecule has 1 aliphatic rings. The second-order valence-electron chi connectivity index (χ2n) is 5.94. The maximum atomic E-state index is 12.4. The van der Waals surface area contributed by atoms with Crippen LogP contribution in [0.5, 0.6) is 0 Å². The summed E-state index contributed by atoms with van der Waals surface area (Å²) in [6.45, 7) is 0. The molecule has 1 amide bonds. The number of hydrogen-bond acceptors (Lipinski definition) is 1. The third-order valence-corrected chi connectivity index (χ3v) is 4.86. The van der Waals surface area contributed by atoms with Crippen molar-refractivity contribution in [1.82, 2.24) is 5.32 Å².